The summed E-state index contributed by atoms with van der Waals surface area (Å²) >= 11 is 0. The first-order valence-corrected chi connectivity index (χ1v) is 16.4. The number of hydrogen-bond acceptors (Lipinski definition) is 8. The number of piperidine rings is 1. The summed E-state index contributed by atoms with van der Waals surface area (Å²) in [5, 5.41) is 4.02. The van der Waals surface area contributed by atoms with E-state index in [0.717, 1.165) is 40.2 Å². The van der Waals surface area contributed by atoms with E-state index in [1.54, 1.807) is 30.3 Å². The molecule has 2 aromatic carbocycles. The minimum Gasteiger partial charge on any atom is -0.494 e. The van der Waals surface area contributed by atoms with Crippen LogP contribution >= 0.6 is 0 Å². The van der Waals surface area contributed by atoms with Gasteiger partial charge in [-0.1, -0.05) is 30.3 Å². The van der Waals surface area contributed by atoms with Crippen LogP contribution in [0.1, 0.15) is 35.2 Å². The Balaban J connectivity index is 1.12. The number of pyridine rings is 1. The number of methoxy groups -OCH3 is 1. The van der Waals surface area contributed by atoms with Crippen molar-refractivity contribution in [3.8, 4) is 17.3 Å². The number of aromatic nitrogens is 4. The third kappa shape index (κ3) is 6.99. The van der Waals surface area contributed by atoms with E-state index in [2.05, 4.69) is 20.9 Å². The van der Waals surface area contributed by atoms with Gasteiger partial charge in [0.15, 0.2) is 5.82 Å². The number of aryl methyl sites for hydroxylation is 1. The average Bonchev–Trinajstić information content (AvgIpc) is 3.78. The largest absolute Gasteiger partial charge is 0.494 e. The summed E-state index contributed by atoms with van der Waals surface area (Å²) in [6.07, 6.45) is 3.42. The summed E-state index contributed by atoms with van der Waals surface area (Å²) in [4.78, 5) is 37.7. The van der Waals surface area contributed by atoms with Gasteiger partial charge in [-0.25, -0.2) is 9.97 Å². The number of esters is 1. The van der Waals surface area contributed by atoms with E-state index in [-0.39, 0.29) is 38.6 Å². The second-order valence-corrected chi connectivity index (χ2v) is 12.6. The van der Waals surface area contributed by atoms with E-state index in [1.165, 1.54) is 12.8 Å². The van der Waals surface area contributed by atoms with Gasteiger partial charge in [-0.15, -0.1) is 0 Å². The quantitative estimate of drug-likeness (QED) is 0.181. The Hall–Kier alpha value is -4.88. The molecule has 7 rings (SSSR count). The molecule has 1 saturated carbocycles. The van der Waals surface area contributed by atoms with Gasteiger partial charge in [0.2, 0.25) is 0 Å². The highest BCUT2D eigenvalue weighted by Gasteiger charge is 2.35. The first-order chi connectivity index (χ1) is 23.8. The van der Waals surface area contributed by atoms with Crippen molar-refractivity contribution in [1.82, 2.24) is 29.3 Å². The summed E-state index contributed by atoms with van der Waals surface area (Å²) in [5.41, 5.74) is 4.35. The third-order valence-electron chi connectivity index (χ3n) is 9.29. The number of likely N-dealkylation sites (tertiary alicyclic amines) is 1. The molecular formula is C36H38F2N6O5. The van der Waals surface area contributed by atoms with Gasteiger partial charge in [0, 0.05) is 43.8 Å². The Labute approximate surface area is 281 Å². The standard InChI is InChI=1S/C36H38F2N6O5/c1-42-32-26(41-34(42)28-16-24-9-6-13-39-33(24)44(28)19-22-10-11-22)15-25(17-30(32)47-2)35(46)43-14-12-29(49-36(37)38)27(20-43)40-18-31(45)48-21-23-7-4-3-5-8-23/h3-9,13,15-17,22,27,29,36,40H,10-12,14,18-21H2,1-2H3/t27-,29+/m0/s1. The molecule has 1 aliphatic heterocycles. The number of halogens is 2. The molecule has 0 unspecified atom stereocenters. The van der Waals surface area contributed by atoms with Gasteiger partial charge in [-0.3, -0.25) is 9.59 Å². The predicted molar refractivity (Wildman–Crippen MR) is 178 cm³/mol. The molecule has 5 aromatic rings. The summed E-state index contributed by atoms with van der Waals surface area (Å²) < 4.78 is 46.8. The molecule has 11 nitrogen and oxygen atoms in total. The van der Waals surface area contributed by atoms with Crippen molar-refractivity contribution in [1.29, 1.82) is 0 Å². The van der Waals surface area contributed by atoms with E-state index < -0.39 is 24.7 Å². The van der Waals surface area contributed by atoms with Gasteiger partial charge >= 0.3 is 12.6 Å². The van der Waals surface area contributed by atoms with Crippen LogP contribution in [0.3, 0.4) is 0 Å². The Morgan fingerprint density at radius 3 is 2.63 bits per heavy atom. The van der Waals surface area contributed by atoms with Gasteiger partial charge in [-0.2, -0.15) is 8.78 Å². The van der Waals surface area contributed by atoms with Gasteiger partial charge < -0.3 is 33.6 Å². The molecule has 2 aliphatic rings. The van der Waals surface area contributed by atoms with Crippen molar-refractivity contribution in [3.63, 3.8) is 0 Å². The number of alkyl halides is 2. The van der Waals surface area contributed by atoms with E-state index in [4.69, 9.17) is 19.2 Å². The van der Waals surface area contributed by atoms with Crippen LogP contribution in [0.2, 0.25) is 0 Å². The zero-order chi connectivity index (χ0) is 34.1. The van der Waals surface area contributed by atoms with Crippen LogP contribution < -0.4 is 10.1 Å². The highest BCUT2D eigenvalue weighted by atomic mass is 19.3. The van der Waals surface area contributed by atoms with E-state index in [9.17, 15) is 18.4 Å². The average molecular weight is 673 g/mol. The van der Waals surface area contributed by atoms with Crippen LogP contribution in [-0.4, -0.2) is 81.4 Å². The zero-order valence-electron chi connectivity index (χ0n) is 27.4. The van der Waals surface area contributed by atoms with Crippen LogP contribution in [0.15, 0.2) is 66.9 Å². The number of imidazole rings is 1. The second-order valence-electron chi connectivity index (χ2n) is 12.6. The summed E-state index contributed by atoms with van der Waals surface area (Å²) in [7, 11) is 3.48. The van der Waals surface area contributed by atoms with Crippen LogP contribution in [0, 0.1) is 5.92 Å². The van der Waals surface area contributed by atoms with E-state index in [0.29, 0.717) is 22.7 Å². The fourth-order valence-electron chi connectivity index (χ4n) is 6.63. The molecule has 13 heteroatoms. The topological polar surface area (TPSA) is 113 Å². The summed E-state index contributed by atoms with van der Waals surface area (Å²) in [6.45, 7) is -2.05. The van der Waals surface area contributed by atoms with Gasteiger partial charge in [0.1, 0.15) is 23.5 Å². The van der Waals surface area contributed by atoms with Crippen LogP contribution in [0.4, 0.5) is 8.78 Å². The fourth-order valence-corrected chi connectivity index (χ4v) is 6.63. The lowest BCUT2D eigenvalue weighted by molar-refractivity contribution is -0.178. The molecule has 1 saturated heterocycles. The maximum Gasteiger partial charge on any atom is 0.345 e. The Morgan fingerprint density at radius 2 is 1.88 bits per heavy atom. The van der Waals surface area contributed by atoms with E-state index in [1.807, 2.05) is 54.1 Å². The Morgan fingerprint density at radius 1 is 1.06 bits per heavy atom. The highest BCUT2D eigenvalue weighted by Crippen LogP contribution is 2.37. The predicted octanol–water partition coefficient (Wildman–Crippen LogP) is 5.16. The van der Waals surface area contributed by atoms with Crippen molar-refractivity contribution in [3.05, 3.63) is 78.0 Å². The van der Waals surface area contributed by atoms with Crippen molar-refractivity contribution >= 4 is 33.9 Å². The molecule has 1 N–H and O–H groups in total. The number of ether oxygens (including phenoxy) is 3. The second kappa shape index (κ2) is 13.9. The van der Waals surface area contributed by atoms with Crippen LogP contribution in [0.25, 0.3) is 33.6 Å². The molecule has 1 amide bonds. The Bertz CT molecular complexity index is 1980. The highest BCUT2D eigenvalue weighted by molar-refractivity contribution is 6.00. The summed E-state index contributed by atoms with van der Waals surface area (Å²) in [5.74, 6) is 0.963. The summed E-state index contributed by atoms with van der Waals surface area (Å²) in [6, 6.07) is 18.0. The zero-order valence-corrected chi connectivity index (χ0v) is 27.4. The van der Waals surface area contributed by atoms with Crippen molar-refractivity contribution < 1.29 is 32.6 Å². The first kappa shape index (κ1) is 32.7. The smallest absolute Gasteiger partial charge is 0.345 e. The molecule has 2 fully saturated rings. The molecule has 0 spiro atoms. The lowest BCUT2D eigenvalue weighted by atomic mass is 10.0. The molecule has 3 aromatic heterocycles. The Kier molecular flexibility index (Phi) is 9.28. The first-order valence-electron chi connectivity index (χ1n) is 16.4. The molecule has 2 atom stereocenters. The van der Waals surface area contributed by atoms with Crippen LogP contribution in [-0.2, 0) is 34.5 Å². The van der Waals surface area contributed by atoms with Gasteiger partial charge in [-0.05, 0) is 61.1 Å². The van der Waals surface area contributed by atoms with Gasteiger partial charge in [0.05, 0.1) is 37.0 Å². The molecule has 256 valence electrons. The van der Waals surface area contributed by atoms with Gasteiger partial charge in [0.25, 0.3) is 5.91 Å². The fraction of sp³-hybridized carbons (Fsp3) is 0.389. The number of carbonyl (C=O) groups is 2. The third-order valence-corrected chi connectivity index (χ3v) is 9.29. The van der Waals surface area contributed by atoms with Crippen molar-refractivity contribution in [2.45, 2.75) is 51.2 Å². The number of hydrogen-bond donors (Lipinski definition) is 1. The minimum absolute atomic E-state index is 0.0459. The SMILES string of the molecule is COc1cc(C(=O)N2CC[C@@H](OC(F)F)[C@@H](NCC(=O)OCc3ccccc3)C2)cc2nc(-c3cc4cccnc4n3CC3CC3)n(C)c12. The number of fused-ring (bicyclic) bond motifs is 2. The molecule has 4 heterocycles. The van der Waals surface area contributed by atoms with E-state index >= 15 is 0 Å². The molecule has 0 radical (unpaired) electrons. The number of nitrogens with one attached hydrogen (secondary N) is 1. The number of carbonyl (C=O) groups excluding carboxylic acids is 2. The molecule has 49 heavy (non-hydrogen) atoms. The number of benzene rings is 2. The lowest BCUT2D eigenvalue weighted by Gasteiger charge is -2.38. The lowest BCUT2D eigenvalue weighted by Crippen LogP contribution is -2.57. The van der Waals surface area contributed by atoms with Crippen molar-refractivity contribution in [2.75, 3.05) is 26.7 Å². The monoisotopic (exact) mass is 672 g/mol. The maximum absolute atomic E-state index is 14.0. The van der Waals surface area contributed by atoms with Crippen LogP contribution in [0.5, 0.6) is 5.75 Å². The number of rotatable bonds is 12. The minimum atomic E-state index is -3.00. The number of nitrogens with zero attached hydrogens (tertiary/aromatic N) is 5. The number of amides is 1. The maximum atomic E-state index is 14.0. The van der Waals surface area contributed by atoms with Crippen molar-refractivity contribution in [2.24, 2.45) is 13.0 Å². The molecule has 0 bridgehead atoms. The molecule has 1 aliphatic carbocycles. The molecular weight excluding hydrogens is 634 g/mol. The normalized spacial score (nSPS) is 18.0.